The van der Waals surface area contributed by atoms with Gasteiger partial charge in [0.2, 0.25) is 0 Å². The molecule has 1 aromatic carbocycles. The summed E-state index contributed by atoms with van der Waals surface area (Å²) < 4.78 is 7.80. The highest BCUT2D eigenvalue weighted by Crippen LogP contribution is 2.22. The summed E-state index contributed by atoms with van der Waals surface area (Å²) in [6.07, 6.45) is 5.17. The minimum absolute atomic E-state index is 0.693. The molecule has 1 N–H and O–H groups in total. The zero-order valence-electron chi connectivity index (χ0n) is 12.2. The van der Waals surface area contributed by atoms with E-state index in [1.54, 1.807) is 6.26 Å². The van der Waals surface area contributed by atoms with Crippen molar-refractivity contribution < 1.29 is 4.42 Å². The monoisotopic (exact) mass is 281 g/mol. The molecule has 4 rings (SSSR count). The number of aryl methyl sites for hydroxylation is 1. The Bertz CT molecular complexity index is 767. The van der Waals surface area contributed by atoms with Crippen molar-refractivity contribution in [2.45, 2.75) is 31.8 Å². The number of fused-ring (bicyclic) bond motifs is 1. The van der Waals surface area contributed by atoms with Crippen LogP contribution in [0.3, 0.4) is 0 Å². The number of hydrogen-bond donors (Lipinski definition) is 1. The molecule has 0 radical (unpaired) electrons. The highest BCUT2D eigenvalue weighted by Gasteiger charge is 2.21. The average molecular weight is 281 g/mol. The van der Waals surface area contributed by atoms with Gasteiger partial charge in [0.05, 0.1) is 23.8 Å². The van der Waals surface area contributed by atoms with Crippen molar-refractivity contribution in [1.82, 2.24) is 14.9 Å². The number of aromatic nitrogens is 2. The lowest BCUT2D eigenvalue weighted by atomic mass is 10.1. The summed E-state index contributed by atoms with van der Waals surface area (Å²) in [7, 11) is 2.08. The van der Waals surface area contributed by atoms with Crippen LogP contribution >= 0.6 is 0 Å². The van der Waals surface area contributed by atoms with Gasteiger partial charge in [-0.25, -0.2) is 4.98 Å². The summed E-state index contributed by atoms with van der Waals surface area (Å²) in [6.45, 7) is 0.816. The lowest BCUT2D eigenvalue weighted by Crippen LogP contribution is -2.16. The van der Waals surface area contributed by atoms with E-state index in [0.29, 0.717) is 6.04 Å². The Morgan fingerprint density at radius 1 is 1.29 bits per heavy atom. The number of nitrogens with zero attached hydrogens (tertiary/aromatic N) is 2. The van der Waals surface area contributed by atoms with Gasteiger partial charge in [-0.15, -0.1) is 0 Å². The first-order chi connectivity index (χ1) is 10.3. The van der Waals surface area contributed by atoms with Crippen LogP contribution < -0.4 is 5.32 Å². The first-order valence-electron chi connectivity index (χ1n) is 7.50. The minimum atomic E-state index is 0.693. The van der Waals surface area contributed by atoms with Crippen LogP contribution in [0.1, 0.15) is 30.0 Å². The Morgan fingerprint density at radius 3 is 2.95 bits per heavy atom. The molecule has 0 atom stereocenters. The van der Waals surface area contributed by atoms with Crippen LogP contribution in [0.5, 0.6) is 0 Å². The van der Waals surface area contributed by atoms with Crippen molar-refractivity contribution in [2.75, 3.05) is 0 Å². The molecule has 2 heterocycles. The van der Waals surface area contributed by atoms with E-state index in [1.165, 1.54) is 23.9 Å². The van der Waals surface area contributed by atoms with Gasteiger partial charge in [0.15, 0.2) is 0 Å². The van der Waals surface area contributed by atoms with Crippen molar-refractivity contribution in [2.24, 2.45) is 7.05 Å². The Hall–Kier alpha value is -2.07. The second-order valence-corrected chi connectivity index (χ2v) is 5.78. The van der Waals surface area contributed by atoms with Gasteiger partial charge in [0, 0.05) is 25.1 Å². The summed E-state index contributed by atoms with van der Waals surface area (Å²) in [5.74, 6) is 2.11. The largest absolute Gasteiger partial charge is 0.468 e. The van der Waals surface area contributed by atoms with Crippen molar-refractivity contribution in [3.63, 3.8) is 0 Å². The number of rotatable bonds is 5. The molecule has 108 valence electrons. The van der Waals surface area contributed by atoms with Crippen LogP contribution in [0, 0.1) is 0 Å². The van der Waals surface area contributed by atoms with E-state index in [2.05, 4.69) is 41.2 Å². The number of furan rings is 1. The maximum Gasteiger partial charge on any atom is 0.121 e. The van der Waals surface area contributed by atoms with Crippen molar-refractivity contribution in [3.8, 4) is 0 Å². The topological polar surface area (TPSA) is 43.0 Å². The van der Waals surface area contributed by atoms with Gasteiger partial charge in [0.25, 0.3) is 0 Å². The fraction of sp³-hybridized carbons (Fsp3) is 0.353. The summed E-state index contributed by atoms with van der Waals surface area (Å²) in [5.41, 5.74) is 3.45. The molecule has 0 amide bonds. The number of nitrogens with one attached hydrogen (secondary N) is 1. The van der Waals surface area contributed by atoms with Gasteiger partial charge in [0.1, 0.15) is 11.6 Å². The van der Waals surface area contributed by atoms with Crippen LogP contribution in [0.25, 0.3) is 11.0 Å². The molecule has 3 aromatic rings. The van der Waals surface area contributed by atoms with Crippen LogP contribution in [0.15, 0.2) is 41.0 Å². The van der Waals surface area contributed by atoms with Gasteiger partial charge in [-0.3, -0.25) is 0 Å². The van der Waals surface area contributed by atoms with Crippen LogP contribution in [0.4, 0.5) is 0 Å². The van der Waals surface area contributed by atoms with E-state index < -0.39 is 0 Å². The normalized spacial score (nSPS) is 14.9. The van der Waals surface area contributed by atoms with Crippen molar-refractivity contribution >= 4 is 11.0 Å². The molecule has 1 saturated carbocycles. The third-order valence-corrected chi connectivity index (χ3v) is 4.19. The van der Waals surface area contributed by atoms with Gasteiger partial charge >= 0.3 is 0 Å². The lowest BCUT2D eigenvalue weighted by molar-refractivity contribution is 0.478. The first-order valence-corrected chi connectivity index (χ1v) is 7.50. The van der Waals surface area contributed by atoms with E-state index in [0.717, 1.165) is 30.1 Å². The number of hydrogen-bond acceptors (Lipinski definition) is 3. The lowest BCUT2D eigenvalue weighted by Gasteiger charge is -2.04. The Morgan fingerprint density at radius 2 is 2.14 bits per heavy atom. The van der Waals surface area contributed by atoms with E-state index in [-0.39, 0.29) is 0 Å². The molecule has 0 unspecified atom stereocenters. The molecule has 0 bridgehead atoms. The quantitative estimate of drug-likeness (QED) is 0.781. The standard InChI is InChI=1S/C17H19N3O/c1-20-15-5-3-2-4-14(15)19-17(20)10-12-8-9-21-16(12)11-18-13-6-7-13/h2-5,8-9,13,18H,6-7,10-11H2,1H3. The molecule has 1 aliphatic rings. The minimum Gasteiger partial charge on any atom is -0.468 e. The number of para-hydroxylation sites is 2. The molecule has 2 aromatic heterocycles. The molecular formula is C17H19N3O. The zero-order valence-corrected chi connectivity index (χ0v) is 12.2. The maximum absolute atomic E-state index is 5.63. The van der Waals surface area contributed by atoms with Gasteiger partial charge in [-0.05, 0) is 31.0 Å². The summed E-state index contributed by atoms with van der Waals surface area (Å²) >= 11 is 0. The maximum atomic E-state index is 5.63. The second-order valence-electron chi connectivity index (χ2n) is 5.78. The third kappa shape index (κ3) is 2.47. The van der Waals surface area contributed by atoms with E-state index in [4.69, 9.17) is 9.40 Å². The predicted octanol–water partition coefficient (Wildman–Crippen LogP) is 3.01. The highest BCUT2D eigenvalue weighted by atomic mass is 16.3. The molecule has 0 saturated heterocycles. The second kappa shape index (κ2) is 5.04. The molecule has 1 aliphatic carbocycles. The van der Waals surface area contributed by atoms with Gasteiger partial charge < -0.3 is 14.3 Å². The van der Waals surface area contributed by atoms with Crippen LogP contribution in [-0.4, -0.2) is 15.6 Å². The van der Waals surface area contributed by atoms with Crippen LogP contribution in [-0.2, 0) is 20.0 Å². The first kappa shape index (κ1) is 12.7. The number of benzene rings is 1. The average Bonchev–Trinajstić information content (AvgIpc) is 3.15. The van der Waals surface area contributed by atoms with Gasteiger partial charge in [-0.1, -0.05) is 12.1 Å². The summed E-state index contributed by atoms with van der Waals surface area (Å²) in [4.78, 5) is 4.74. The summed E-state index contributed by atoms with van der Waals surface area (Å²) in [5, 5.41) is 3.51. The van der Waals surface area contributed by atoms with E-state index in [1.807, 2.05) is 6.07 Å². The SMILES string of the molecule is Cn1c(Cc2ccoc2CNC2CC2)nc2ccccc21. The van der Waals surface area contributed by atoms with Gasteiger partial charge in [-0.2, -0.15) is 0 Å². The van der Waals surface area contributed by atoms with Crippen LogP contribution in [0.2, 0.25) is 0 Å². The molecule has 0 aliphatic heterocycles. The molecule has 21 heavy (non-hydrogen) atoms. The van der Waals surface area contributed by atoms with E-state index >= 15 is 0 Å². The summed E-state index contributed by atoms with van der Waals surface area (Å²) in [6, 6.07) is 11.0. The van der Waals surface area contributed by atoms with Crippen molar-refractivity contribution in [1.29, 1.82) is 0 Å². The Balaban J connectivity index is 1.59. The van der Waals surface area contributed by atoms with E-state index in [9.17, 15) is 0 Å². The zero-order chi connectivity index (χ0) is 14.2. The Kier molecular flexibility index (Phi) is 3.04. The molecular weight excluding hydrogens is 262 g/mol. The fourth-order valence-corrected chi connectivity index (χ4v) is 2.73. The molecule has 4 nitrogen and oxygen atoms in total. The molecule has 0 spiro atoms. The fourth-order valence-electron chi connectivity index (χ4n) is 2.73. The highest BCUT2D eigenvalue weighted by molar-refractivity contribution is 5.75. The molecule has 1 fully saturated rings. The number of imidazole rings is 1. The predicted molar refractivity (Wildman–Crippen MR) is 82.1 cm³/mol. The third-order valence-electron chi connectivity index (χ3n) is 4.19. The molecule has 4 heteroatoms. The van der Waals surface area contributed by atoms with Crippen molar-refractivity contribution in [3.05, 3.63) is 53.7 Å². The Labute approximate surface area is 123 Å². The smallest absolute Gasteiger partial charge is 0.121 e.